The molecule has 0 saturated heterocycles. The summed E-state index contributed by atoms with van der Waals surface area (Å²) in [7, 11) is 0. The Labute approximate surface area is 119 Å². The lowest BCUT2D eigenvalue weighted by molar-refractivity contribution is 0.833. The van der Waals surface area contributed by atoms with Gasteiger partial charge in [0, 0.05) is 29.6 Å². The van der Waals surface area contributed by atoms with Crippen molar-refractivity contribution in [2.75, 3.05) is 5.73 Å². The molecule has 7 nitrogen and oxygen atoms in total. The van der Waals surface area contributed by atoms with E-state index in [-0.39, 0.29) is 0 Å². The summed E-state index contributed by atoms with van der Waals surface area (Å²) in [6.07, 6.45) is 5.17. The average Bonchev–Trinajstić information content (AvgIpc) is 3.15. The monoisotopic (exact) mass is 277 g/mol. The number of hydrogen-bond donors (Lipinski definition) is 1. The van der Waals surface area contributed by atoms with E-state index in [1.54, 1.807) is 21.7 Å². The molecule has 102 valence electrons. The van der Waals surface area contributed by atoms with Crippen LogP contribution in [0.1, 0.15) is 0 Å². The number of rotatable bonds is 2. The van der Waals surface area contributed by atoms with Gasteiger partial charge >= 0.3 is 0 Å². The molecule has 21 heavy (non-hydrogen) atoms. The van der Waals surface area contributed by atoms with Crippen LogP contribution in [-0.4, -0.2) is 29.4 Å². The van der Waals surface area contributed by atoms with Gasteiger partial charge in [-0.3, -0.25) is 0 Å². The molecule has 0 aliphatic carbocycles. The summed E-state index contributed by atoms with van der Waals surface area (Å²) in [6.45, 7) is 0. The first kappa shape index (κ1) is 11.6. The molecule has 0 fully saturated rings. The molecule has 3 heterocycles. The highest BCUT2D eigenvalue weighted by molar-refractivity contribution is 5.60. The fraction of sp³-hybridized carbons (Fsp3) is 0. The zero-order valence-corrected chi connectivity index (χ0v) is 11.0. The van der Waals surface area contributed by atoms with Gasteiger partial charge in [0.1, 0.15) is 6.33 Å². The fourth-order valence-corrected chi connectivity index (χ4v) is 2.11. The molecule has 0 saturated carbocycles. The lowest BCUT2D eigenvalue weighted by Crippen LogP contribution is -2.00. The summed E-state index contributed by atoms with van der Waals surface area (Å²) < 4.78 is 3.32. The van der Waals surface area contributed by atoms with E-state index in [2.05, 4.69) is 20.2 Å². The van der Waals surface area contributed by atoms with E-state index in [0.29, 0.717) is 17.3 Å². The van der Waals surface area contributed by atoms with Crippen LogP contribution in [0.15, 0.2) is 55.1 Å². The van der Waals surface area contributed by atoms with Crippen LogP contribution in [0.25, 0.3) is 22.9 Å². The van der Waals surface area contributed by atoms with E-state index < -0.39 is 0 Å². The van der Waals surface area contributed by atoms with Crippen LogP contribution in [0.5, 0.6) is 0 Å². The second kappa shape index (κ2) is 4.41. The molecule has 0 bridgehead atoms. The average molecular weight is 277 g/mol. The summed E-state index contributed by atoms with van der Waals surface area (Å²) in [5, 5.41) is 8.55. The number of fused-ring (bicyclic) bond motifs is 1. The van der Waals surface area contributed by atoms with Gasteiger partial charge in [-0.05, 0) is 12.1 Å². The maximum Gasteiger partial charge on any atom is 0.181 e. The van der Waals surface area contributed by atoms with Gasteiger partial charge in [0.2, 0.25) is 0 Å². The number of aromatic nitrogens is 6. The largest absolute Gasteiger partial charge is 0.399 e. The van der Waals surface area contributed by atoms with Crippen LogP contribution >= 0.6 is 0 Å². The van der Waals surface area contributed by atoms with E-state index in [1.807, 2.05) is 42.6 Å². The van der Waals surface area contributed by atoms with Crippen molar-refractivity contribution >= 4 is 11.3 Å². The Morgan fingerprint density at radius 1 is 1.10 bits per heavy atom. The Bertz CT molecular complexity index is 922. The van der Waals surface area contributed by atoms with Crippen LogP contribution in [-0.2, 0) is 0 Å². The molecule has 7 heteroatoms. The molecule has 0 amide bonds. The van der Waals surface area contributed by atoms with Gasteiger partial charge in [-0.1, -0.05) is 12.1 Å². The van der Waals surface area contributed by atoms with Crippen molar-refractivity contribution in [1.82, 2.24) is 29.4 Å². The molecular weight excluding hydrogens is 266 g/mol. The molecule has 0 radical (unpaired) electrons. The van der Waals surface area contributed by atoms with E-state index in [4.69, 9.17) is 5.73 Å². The minimum Gasteiger partial charge on any atom is -0.399 e. The minimum atomic E-state index is 0.609. The van der Waals surface area contributed by atoms with Gasteiger partial charge in [0.25, 0.3) is 0 Å². The van der Waals surface area contributed by atoms with Crippen molar-refractivity contribution < 1.29 is 0 Å². The molecular formula is C14H11N7. The standard InChI is InChI=1S/C14H11N7/c15-11-3-1-2-10(8-11)14-16-9-21(19-14)13-5-7-20-12(18-13)4-6-17-20/h1-9H,15H2. The number of anilines is 1. The highest BCUT2D eigenvalue weighted by Crippen LogP contribution is 2.18. The third-order valence-corrected chi connectivity index (χ3v) is 3.11. The third kappa shape index (κ3) is 2.00. The Balaban J connectivity index is 1.76. The van der Waals surface area contributed by atoms with E-state index in [9.17, 15) is 0 Å². The SMILES string of the molecule is Nc1cccc(-c2ncn(-c3ccn4nccc4n3)n2)c1. The maximum absolute atomic E-state index is 5.78. The van der Waals surface area contributed by atoms with Crippen molar-refractivity contribution in [3.63, 3.8) is 0 Å². The van der Waals surface area contributed by atoms with E-state index in [0.717, 1.165) is 11.2 Å². The highest BCUT2D eigenvalue weighted by atomic mass is 15.4. The van der Waals surface area contributed by atoms with E-state index in [1.165, 1.54) is 0 Å². The first-order valence-electron chi connectivity index (χ1n) is 6.38. The summed E-state index contributed by atoms with van der Waals surface area (Å²) in [5.74, 6) is 1.29. The molecule has 3 aromatic heterocycles. The van der Waals surface area contributed by atoms with Gasteiger partial charge < -0.3 is 5.73 Å². The number of benzene rings is 1. The van der Waals surface area contributed by atoms with Gasteiger partial charge in [-0.2, -0.15) is 5.10 Å². The number of hydrogen-bond acceptors (Lipinski definition) is 5. The zero-order chi connectivity index (χ0) is 14.2. The number of nitrogens with two attached hydrogens (primary N) is 1. The molecule has 0 atom stereocenters. The highest BCUT2D eigenvalue weighted by Gasteiger charge is 2.07. The van der Waals surface area contributed by atoms with Crippen molar-refractivity contribution in [3.8, 4) is 17.2 Å². The minimum absolute atomic E-state index is 0.609. The van der Waals surface area contributed by atoms with Gasteiger partial charge in [0.15, 0.2) is 17.3 Å². The molecule has 4 rings (SSSR count). The number of nitrogens with zero attached hydrogens (tertiary/aromatic N) is 6. The lowest BCUT2D eigenvalue weighted by Gasteiger charge is -2.00. The first-order valence-corrected chi connectivity index (χ1v) is 6.38. The second-order valence-electron chi connectivity index (χ2n) is 4.56. The van der Waals surface area contributed by atoms with Crippen molar-refractivity contribution in [2.45, 2.75) is 0 Å². The van der Waals surface area contributed by atoms with Crippen LogP contribution in [0, 0.1) is 0 Å². The Hall–Kier alpha value is -3.22. The summed E-state index contributed by atoms with van der Waals surface area (Å²) >= 11 is 0. The summed E-state index contributed by atoms with van der Waals surface area (Å²) in [4.78, 5) is 8.77. The summed E-state index contributed by atoms with van der Waals surface area (Å²) in [6, 6.07) is 11.1. The maximum atomic E-state index is 5.78. The molecule has 0 aliphatic rings. The molecule has 0 aliphatic heterocycles. The Kier molecular flexibility index (Phi) is 2.43. The zero-order valence-electron chi connectivity index (χ0n) is 11.0. The molecule has 4 aromatic rings. The first-order chi connectivity index (χ1) is 10.3. The summed E-state index contributed by atoms with van der Waals surface area (Å²) in [5.41, 5.74) is 8.09. The Morgan fingerprint density at radius 3 is 2.95 bits per heavy atom. The molecule has 0 unspecified atom stereocenters. The van der Waals surface area contributed by atoms with Crippen molar-refractivity contribution in [3.05, 3.63) is 55.1 Å². The topological polar surface area (TPSA) is 86.9 Å². The van der Waals surface area contributed by atoms with Gasteiger partial charge in [-0.25, -0.2) is 19.2 Å². The van der Waals surface area contributed by atoms with E-state index >= 15 is 0 Å². The smallest absolute Gasteiger partial charge is 0.181 e. The Morgan fingerprint density at radius 2 is 2.05 bits per heavy atom. The van der Waals surface area contributed by atoms with Crippen molar-refractivity contribution in [2.24, 2.45) is 0 Å². The van der Waals surface area contributed by atoms with Crippen LogP contribution in [0.3, 0.4) is 0 Å². The molecule has 2 N–H and O–H groups in total. The predicted octanol–water partition coefficient (Wildman–Crippen LogP) is 1.56. The molecule has 0 spiro atoms. The quantitative estimate of drug-likeness (QED) is 0.562. The second-order valence-corrected chi connectivity index (χ2v) is 4.56. The normalized spacial score (nSPS) is 11.0. The van der Waals surface area contributed by atoms with Crippen LogP contribution < -0.4 is 5.73 Å². The van der Waals surface area contributed by atoms with Crippen LogP contribution in [0.2, 0.25) is 0 Å². The third-order valence-electron chi connectivity index (χ3n) is 3.11. The van der Waals surface area contributed by atoms with Crippen molar-refractivity contribution in [1.29, 1.82) is 0 Å². The number of nitrogen functional groups attached to an aromatic ring is 1. The van der Waals surface area contributed by atoms with Gasteiger partial charge in [-0.15, -0.1) is 5.10 Å². The van der Waals surface area contributed by atoms with Crippen LogP contribution in [0.4, 0.5) is 5.69 Å². The molecule has 1 aromatic carbocycles. The lowest BCUT2D eigenvalue weighted by atomic mass is 10.2. The van der Waals surface area contributed by atoms with Gasteiger partial charge in [0.05, 0.1) is 6.20 Å². The predicted molar refractivity (Wildman–Crippen MR) is 77.8 cm³/mol. The fourth-order valence-electron chi connectivity index (χ4n) is 2.11.